The van der Waals surface area contributed by atoms with E-state index >= 15 is 0 Å². The molecular formula is C15H13ClN2O. The molecule has 0 saturated heterocycles. The van der Waals surface area contributed by atoms with Crippen LogP contribution in [0.1, 0.15) is 22.5 Å². The molecule has 19 heavy (non-hydrogen) atoms. The second-order valence-electron chi connectivity index (χ2n) is 4.25. The first-order chi connectivity index (χ1) is 9.10. The lowest BCUT2D eigenvalue weighted by Gasteiger charge is -2.10. The van der Waals surface area contributed by atoms with Crippen LogP contribution in [0.5, 0.6) is 5.75 Å². The molecular weight excluding hydrogens is 260 g/mol. The second kappa shape index (κ2) is 5.73. The van der Waals surface area contributed by atoms with Crippen LogP contribution >= 0.6 is 11.6 Å². The summed E-state index contributed by atoms with van der Waals surface area (Å²) in [5, 5.41) is 9.81. The number of aryl methyl sites for hydroxylation is 2. The van der Waals surface area contributed by atoms with E-state index < -0.39 is 0 Å². The third-order valence-electron chi connectivity index (χ3n) is 2.69. The number of aromatic nitrogens is 1. The lowest BCUT2D eigenvalue weighted by molar-refractivity contribution is 0.304. The first-order valence-electron chi connectivity index (χ1n) is 5.85. The number of rotatable bonds is 3. The van der Waals surface area contributed by atoms with E-state index in [9.17, 15) is 0 Å². The van der Waals surface area contributed by atoms with Gasteiger partial charge < -0.3 is 4.74 Å². The largest absolute Gasteiger partial charge is 0.487 e. The summed E-state index contributed by atoms with van der Waals surface area (Å²) >= 11 is 5.92. The number of ether oxygens (including phenoxy) is 1. The molecule has 2 rings (SSSR count). The molecule has 0 atom stereocenters. The average molecular weight is 273 g/mol. The van der Waals surface area contributed by atoms with Crippen molar-refractivity contribution in [3.05, 3.63) is 57.9 Å². The Labute approximate surface area is 117 Å². The molecule has 0 spiro atoms. The van der Waals surface area contributed by atoms with Gasteiger partial charge in [-0.3, -0.25) is 4.98 Å². The second-order valence-corrected chi connectivity index (χ2v) is 4.69. The predicted octanol–water partition coefficient (Wildman–Crippen LogP) is 3.80. The van der Waals surface area contributed by atoms with Crippen LogP contribution in [-0.4, -0.2) is 4.98 Å². The standard InChI is InChI=1S/C15H13ClN2O/c1-10-6-15(14(8-17)11(2)18-10)19-9-12-4-3-5-13(16)7-12/h3-7H,9H2,1-2H3. The fourth-order valence-corrected chi connectivity index (χ4v) is 2.04. The van der Waals surface area contributed by atoms with E-state index in [1.165, 1.54) is 0 Å². The van der Waals surface area contributed by atoms with Crippen molar-refractivity contribution in [3.63, 3.8) is 0 Å². The summed E-state index contributed by atoms with van der Waals surface area (Å²) in [4.78, 5) is 4.25. The fraction of sp³-hybridized carbons (Fsp3) is 0.200. The van der Waals surface area contributed by atoms with Crippen LogP contribution in [0.2, 0.25) is 5.02 Å². The molecule has 0 N–H and O–H groups in total. The molecule has 1 aromatic carbocycles. The van der Waals surface area contributed by atoms with Crippen LogP contribution < -0.4 is 4.74 Å². The maximum Gasteiger partial charge on any atom is 0.141 e. The van der Waals surface area contributed by atoms with Gasteiger partial charge in [0.15, 0.2) is 0 Å². The molecule has 0 fully saturated rings. The maximum atomic E-state index is 9.14. The zero-order valence-electron chi connectivity index (χ0n) is 10.8. The SMILES string of the molecule is Cc1cc(OCc2cccc(Cl)c2)c(C#N)c(C)n1. The minimum atomic E-state index is 0.373. The van der Waals surface area contributed by atoms with Gasteiger partial charge in [-0.25, -0.2) is 0 Å². The Morgan fingerprint density at radius 2 is 2.11 bits per heavy atom. The van der Waals surface area contributed by atoms with Crippen LogP contribution in [0.25, 0.3) is 0 Å². The molecule has 0 aliphatic carbocycles. The van der Waals surface area contributed by atoms with Gasteiger partial charge in [0, 0.05) is 16.8 Å². The number of hydrogen-bond donors (Lipinski definition) is 0. The smallest absolute Gasteiger partial charge is 0.141 e. The van der Waals surface area contributed by atoms with Gasteiger partial charge in [-0.1, -0.05) is 23.7 Å². The highest BCUT2D eigenvalue weighted by Crippen LogP contribution is 2.22. The Morgan fingerprint density at radius 1 is 1.32 bits per heavy atom. The number of benzene rings is 1. The van der Waals surface area contributed by atoms with Gasteiger partial charge in [-0.05, 0) is 31.5 Å². The summed E-state index contributed by atoms with van der Waals surface area (Å²) in [5.41, 5.74) is 2.96. The number of nitriles is 1. The van der Waals surface area contributed by atoms with E-state index in [4.69, 9.17) is 21.6 Å². The molecule has 1 aromatic heterocycles. The fourth-order valence-electron chi connectivity index (χ4n) is 1.83. The van der Waals surface area contributed by atoms with E-state index in [0.717, 1.165) is 11.3 Å². The molecule has 3 nitrogen and oxygen atoms in total. The summed E-state index contributed by atoms with van der Waals surface area (Å²) in [5.74, 6) is 0.562. The summed E-state index contributed by atoms with van der Waals surface area (Å²) < 4.78 is 5.71. The highest BCUT2D eigenvalue weighted by atomic mass is 35.5. The Kier molecular flexibility index (Phi) is 4.03. The van der Waals surface area contributed by atoms with Crippen LogP contribution in [0.4, 0.5) is 0 Å². The Morgan fingerprint density at radius 3 is 2.79 bits per heavy atom. The lowest BCUT2D eigenvalue weighted by Crippen LogP contribution is -2.01. The molecule has 0 saturated carbocycles. The number of nitrogens with zero attached hydrogens (tertiary/aromatic N) is 2. The summed E-state index contributed by atoms with van der Waals surface area (Å²) in [6.07, 6.45) is 0. The van der Waals surface area contributed by atoms with Crippen molar-refractivity contribution < 1.29 is 4.74 Å². The zero-order valence-corrected chi connectivity index (χ0v) is 11.5. The number of hydrogen-bond acceptors (Lipinski definition) is 3. The monoisotopic (exact) mass is 272 g/mol. The van der Waals surface area contributed by atoms with Gasteiger partial charge in [0.25, 0.3) is 0 Å². The molecule has 2 aromatic rings. The van der Waals surface area contributed by atoms with Crippen molar-refractivity contribution in [2.75, 3.05) is 0 Å². The van der Waals surface area contributed by atoms with Crippen LogP contribution in [0.3, 0.4) is 0 Å². The Bertz CT molecular complexity index is 647. The first-order valence-corrected chi connectivity index (χ1v) is 6.23. The van der Waals surface area contributed by atoms with Gasteiger partial charge in [0.1, 0.15) is 24.0 Å². The van der Waals surface area contributed by atoms with E-state index in [2.05, 4.69) is 11.1 Å². The zero-order chi connectivity index (χ0) is 13.8. The number of pyridine rings is 1. The molecule has 0 amide bonds. The van der Waals surface area contributed by atoms with Gasteiger partial charge >= 0.3 is 0 Å². The van der Waals surface area contributed by atoms with Crippen molar-refractivity contribution in [3.8, 4) is 11.8 Å². The van der Waals surface area contributed by atoms with Crippen molar-refractivity contribution in [2.45, 2.75) is 20.5 Å². The summed E-state index contributed by atoms with van der Waals surface area (Å²) in [7, 11) is 0. The summed E-state index contributed by atoms with van der Waals surface area (Å²) in [6.45, 7) is 4.05. The molecule has 0 aliphatic heterocycles. The first kappa shape index (κ1) is 13.4. The van der Waals surface area contributed by atoms with Gasteiger partial charge in [-0.15, -0.1) is 0 Å². The van der Waals surface area contributed by atoms with E-state index in [1.807, 2.05) is 31.2 Å². The van der Waals surface area contributed by atoms with Crippen molar-refractivity contribution in [1.29, 1.82) is 5.26 Å². The van der Waals surface area contributed by atoms with Crippen molar-refractivity contribution >= 4 is 11.6 Å². The topological polar surface area (TPSA) is 45.9 Å². The maximum absolute atomic E-state index is 9.14. The molecule has 1 heterocycles. The number of halogens is 1. The van der Waals surface area contributed by atoms with E-state index in [-0.39, 0.29) is 0 Å². The Balaban J connectivity index is 2.22. The van der Waals surface area contributed by atoms with Gasteiger partial charge in [0.05, 0.1) is 5.69 Å². The molecule has 0 bridgehead atoms. The molecule has 96 valence electrons. The van der Waals surface area contributed by atoms with Gasteiger partial charge in [0.2, 0.25) is 0 Å². The van der Waals surface area contributed by atoms with E-state index in [1.54, 1.807) is 13.0 Å². The third kappa shape index (κ3) is 3.24. The molecule has 0 unspecified atom stereocenters. The van der Waals surface area contributed by atoms with Gasteiger partial charge in [-0.2, -0.15) is 5.26 Å². The van der Waals surface area contributed by atoms with Crippen LogP contribution in [0.15, 0.2) is 30.3 Å². The van der Waals surface area contributed by atoms with E-state index in [0.29, 0.717) is 28.6 Å². The average Bonchev–Trinajstić information content (AvgIpc) is 2.36. The van der Waals surface area contributed by atoms with Crippen molar-refractivity contribution in [1.82, 2.24) is 4.98 Å². The van der Waals surface area contributed by atoms with Crippen LogP contribution in [0, 0.1) is 25.2 Å². The highest BCUT2D eigenvalue weighted by Gasteiger charge is 2.09. The van der Waals surface area contributed by atoms with Crippen molar-refractivity contribution in [2.24, 2.45) is 0 Å². The Hall–Kier alpha value is -2.05. The third-order valence-corrected chi connectivity index (χ3v) is 2.92. The predicted molar refractivity (Wildman–Crippen MR) is 74.2 cm³/mol. The lowest BCUT2D eigenvalue weighted by atomic mass is 10.2. The normalized spacial score (nSPS) is 10.0. The summed E-state index contributed by atoms with van der Waals surface area (Å²) in [6, 6.07) is 11.4. The minimum absolute atomic E-state index is 0.373. The molecule has 0 aliphatic rings. The highest BCUT2D eigenvalue weighted by molar-refractivity contribution is 6.30. The minimum Gasteiger partial charge on any atom is -0.487 e. The quantitative estimate of drug-likeness (QED) is 0.854. The molecule has 4 heteroatoms. The molecule has 0 radical (unpaired) electrons. The van der Waals surface area contributed by atoms with Crippen LogP contribution in [-0.2, 0) is 6.61 Å².